The van der Waals surface area contributed by atoms with Gasteiger partial charge in [-0.25, -0.2) is 0 Å². The van der Waals surface area contributed by atoms with Crippen LogP contribution in [0.5, 0.6) is 0 Å². The summed E-state index contributed by atoms with van der Waals surface area (Å²) in [5, 5.41) is 0. The molecule has 20 heavy (non-hydrogen) atoms. The fourth-order valence-corrected chi connectivity index (χ4v) is 2.22. The molecule has 0 aliphatic carbocycles. The van der Waals surface area contributed by atoms with E-state index in [9.17, 15) is 4.79 Å². The highest BCUT2D eigenvalue weighted by atomic mass is 16.5. The lowest BCUT2D eigenvalue weighted by Gasteiger charge is -2.31. The van der Waals surface area contributed by atoms with Crippen molar-refractivity contribution in [3.05, 3.63) is 41.6 Å². The van der Waals surface area contributed by atoms with Crippen molar-refractivity contribution in [2.45, 2.75) is 6.92 Å². The second-order valence-electron chi connectivity index (χ2n) is 4.44. The van der Waals surface area contributed by atoms with Crippen LogP contribution in [-0.2, 0) is 14.3 Å². The molecule has 0 atom stereocenters. The molecule has 0 radical (unpaired) electrons. The first kappa shape index (κ1) is 14.4. The third-order valence-corrected chi connectivity index (χ3v) is 3.10. The predicted octanol–water partition coefficient (Wildman–Crippen LogP) is 1.21. The van der Waals surface area contributed by atoms with Crippen LogP contribution in [0, 0.1) is 0 Å². The highest BCUT2D eigenvalue weighted by molar-refractivity contribution is 5.98. The lowest BCUT2D eigenvalue weighted by atomic mass is 10.1. The Hall–Kier alpha value is -2.01. The minimum absolute atomic E-state index is 0.432. The quantitative estimate of drug-likeness (QED) is 0.648. The van der Waals surface area contributed by atoms with E-state index in [0.717, 1.165) is 5.56 Å². The summed E-state index contributed by atoms with van der Waals surface area (Å²) in [7, 11) is 0. The molecule has 1 heterocycles. The molecule has 1 aromatic carbocycles. The number of amides is 1. The van der Waals surface area contributed by atoms with Crippen LogP contribution in [0.1, 0.15) is 12.5 Å². The van der Waals surface area contributed by atoms with Crippen LogP contribution in [0.4, 0.5) is 0 Å². The predicted molar refractivity (Wildman–Crippen MR) is 76.6 cm³/mol. The highest BCUT2D eigenvalue weighted by Crippen LogP contribution is 2.23. The van der Waals surface area contributed by atoms with E-state index in [2.05, 4.69) is 0 Å². The molecule has 2 rings (SSSR count). The van der Waals surface area contributed by atoms with Crippen molar-refractivity contribution in [2.24, 2.45) is 5.73 Å². The molecule has 2 N–H and O–H groups in total. The number of primary amides is 1. The largest absolute Gasteiger partial charge is 0.491 e. The molecular formula is C15H20N2O3. The Kier molecular flexibility index (Phi) is 5.01. The van der Waals surface area contributed by atoms with E-state index in [-0.39, 0.29) is 0 Å². The van der Waals surface area contributed by atoms with E-state index in [1.165, 1.54) is 0 Å². The van der Waals surface area contributed by atoms with E-state index in [1.54, 1.807) is 0 Å². The van der Waals surface area contributed by atoms with Crippen molar-refractivity contribution < 1.29 is 14.3 Å². The van der Waals surface area contributed by atoms with Gasteiger partial charge >= 0.3 is 0 Å². The van der Waals surface area contributed by atoms with Gasteiger partial charge in [-0.05, 0) is 6.92 Å². The number of benzene rings is 1. The normalized spacial score (nSPS) is 16.6. The second-order valence-corrected chi connectivity index (χ2v) is 4.44. The van der Waals surface area contributed by atoms with Crippen LogP contribution in [0.15, 0.2) is 36.0 Å². The summed E-state index contributed by atoms with van der Waals surface area (Å²) in [6.07, 6.45) is 0. The second kappa shape index (κ2) is 6.96. The number of nitrogens with zero attached hydrogens (tertiary/aromatic N) is 1. The van der Waals surface area contributed by atoms with Gasteiger partial charge in [0.15, 0.2) is 5.76 Å². The standard InChI is InChI=1S/C15H20N2O3/c1-2-20-14(12-6-4-3-5-7-12)13(15(16)18)17-8-10-19-11-9-17/h3-7H,2,8-11H2,1H3,(H2,16,18)/b14-13+. The zero-order valence-electron chi connectivity index (χ0n) is 11.7. The summed E-state index contributed by atoms with van der Waals surface area (Å²) >= 11 is 0. The van der Waals surface area contributed by atoms with Crippen LogP contribution >= 0.6 is 0 Å². The van der Waals surface area contributed by atoms with Crippen molar-refractivity contribution in [3.8, 4) is 0 Å². The molecule has 1 saturated heterocycles. The van der Waals surface area contributed by atoms with Crippen molar-refractivity contribution in [1.82, 2.24) is 4.90 Å². The van der Waals surface area contributed by atoms with E-state index >= 15 is 0 Å². The monoisotopic (exact) mass is 276 g/mol. The minimum Gasteiger partial charge on any atom is -0.491 e. The number of hydrogen-bond donors (Lipinski definition) is 1. The Morgan fingerprint density at radius 3 is 2.50 bits per heavy atom. The highest BCUT2D eigenvalue weighted by Gasteiger charge is 2.24. The number of rotatable bonds is 5. The van der Waals surface area contributed by atoms with E-state index < -0.39 is 5.91 Å². The van der Waals surface area contributed by atoms with Gasteiger partial charge < -0.3 is 20.1 Å². The summed E-state index contributed by atoms with van der Waals surface area (Å²) < 4.78 is 11.0. The molecule has 0 unspecified atom stereocenters. The fourth-order valence-electron chi connectivity index (χ4n) is 2.22. The van der Waals surface area contributed by atoms with E-state index in [1.807, 2.05) is 42.2 Å². The topological polar surface area (TPSA) is 64.8 Å². The minimum atomic E-state index is -0.473. The molecule has 1 aromatic rings. The first-order valence-corrected chi connectivity index (χ1v) is 6.79. The molecule has 1 aliphatic rings. The summed E-state index contributed by atoms with van der Waals surface area (Å²) in [5.41, 5.74) is 6.86. The average Bonchev–Trinajstić information content (AvgIpc) is 2.48. The Morgan fingerprint density at radius 1 is 1.30 bits per heavy atom. The number of nitrogens with two attached hydrogens (primary N) is 1. The number of ether oxygens (including phenoxy) is 2. The number of morpholine rings is 1. The van der Waals surface area contributed by atoms with Crippen LogP contribution in [0.3, 0.4) is 0 Å². The molecule has 0 saturated carbocycles. The van der Waals surface area contributed by atoms with Crippen LogP contribution in [0.2, 0.25) is 0 Å². The summed E-state index contributed by atoms with van der Waals surface area (Å²) in [5.74, 6) is 0.0710. The van der Waals surface area contributed by atoms with Gasteiger partial charge in [0.2, 0.25) is 0 Å². The fraction of sp³-hybridized carbons (Fsp3) is 0.400. The molecular weight excluding hydrogens is 256 g/mol. The van der Waals surface area contributed by atoms with Gasteiger partial charge in [0.1, 0.15) is 5.70 Å². The molecule has 1 aliphatic heterocycles. The van der Waals surface area contributed by atoms with Crippen molar-refractivity contribution in [3.63, 3.8) is 0 Å². The molecule has 5 nitrogen and oxygen atoms in total. The maximum atomic E-state index is 11.9. The molecule has 0 spiro atoms. The number of hydrogen-bond acceptors (Lipinski definition) is 4. The molecule has 5 heteroatoms. The Morgan fingerprint density at radius 2 is 1.95 bits per heavy atom. The zero-order chi connectivity index (χ0) is 14.4. The third-order valence-electron chi connectivity index (χ3n) is 3.10. The van der Waals surface area contributed by atoms with Gasteiger partial charge in [-0.2, -0.15) is 0 Å². The van der Waals surface area contributed by atoms with Gasteiger partial charge in [0, 0.05) is 18.7 Å². The average molecular weight is 276 g/mol. The van der Waals surface area contributed by atoms with Gasteiger partial charge in [0.25, 0.3) is 5.91 Å². The molecule has 0 bridgehead atoms. The molecule has 108 valence electrons. The first-order valence-electron chi connectivity index (χ1n) is 6.79. The number of carbonyl (C=O) groups excluding carboxylic acids is 1. The Balaban J connectivity index is 2.44. The zero-order valence-corrected chi connectivity index (χ0v) is 11.7. The smallest absolute Gasteiger partial charge is 0.268 e. The van der Waals surface area contributed by atoms with Crippen molar-refractivity contribution >= 4 is 11.7 Å². The van der Waals surface area contributed by atoms with Crippen LogP contribution in [-0.4, -0.2) is 43.7 Å². The SMILES string of the molecule is CCO/C(=C(\C(N)=O)N1CCOCC1)c1ccccc1. The maximum absolute atomic E-state index is 11.9. The van der Waals surface area contributed by atoms with Crippen molar-refractivity contribution in [1.29, 1.82) is 0 Å². The van der Waals surface area contributed by atoms with Gasteiger partial charge in [-0.3, -0.25) is 4.79 Å². The maximum Gasteiger partial charge on any atom is 0.268 e. The Labute approximate surface area is 119 Å². The van der Waals surface area contributed by atoms with E-state index in [4.69, 9.17) is 15.2 Å². The van der Waals surface area contributed by atoms with Crippen LogP contribution in [0.25, 0.3) is 5.76 Å². The lowest BCUT2D eigenvalue weighted by Crippen LogP contribution is -2.40. The van der Waals surface area contributed by atoms with E-state index in [0.29, 0.717) is 44.4 Å². The summed E-state index contributed by atoms with van der Waals surface area (Å²) in [6, 6.07) is 9.56. The van der Waals surface area contributed by atoms with Gasteiger partial charge in [0.05, 0.1) is 19.8 Å². The van der Waals surface area contributed by atoms with Crippen molar-refractivity contribution in [2.75, 3.05) is 32.9 Å². The summed E-state index contributed by atoms with van der Waals surface area (Å²) in [6.45, 7) is 4.82. The Bertz CT molecular complexity index is 479. The molecule has 1 fully saturated rings. The van der Waals surface area contributed by atoms with Gasteiger partial charge in [-0.1, -0.05) is 30.3 Å². The van der Waals surface area contributed by atoms with Crippen LogP contribution < -0.4 is 5.73 Å². The lowest BCUT2D eigenvalue weighted by molar-refractivity contribution is -0.116. The van der Waals surface area contributed by atoms with Gasteiger partial charge in [-0.15, -0.1) is 0 Å². The molecule has 0 aromatic heterocycles. The third kappa shape index (κ3) is 3.30. The molecule has 1 amide bonds. The first-order chi connectivity index (χ1) is 9.74. The number of carbonyl (C=O) groups is 1. The summed E-state index contributed by atoms with van der Waals surface area (Å²) in [4.78, 5) is 13.8.